The number of ether oxygens (including phenoxy) is 1. The van der Waals surface area contributed by atoms with Gasteiger partial charge in [-0.1, -0.05) is 43.2 Å². The van der Waals surface area contributed by atoms with Crippen LogP contribution in [0.3, 0.4) is 0 Å². The number of nitrogens with one attached hydrogen (secondary N) is 2. The summed E-state index contributed by atoms with van der Waals surface area (Å²) in [4.78, 5) is 41.9. The molecule has 2 aromatic carbocycles. The van der Waals surface area contributed by atoms with Crippen molar-refractivity contribution in [3.8, 4) is 12.3 Å². The van der Waals surface area contributed by atoms with Crippen LogP contribution in [0.4, 0.5) is 10.5 Å². The van der Waals surface area contributed by atoms with Crippen molar-refractivity contribution in [1.82, 2.24) is 10.2 Å². The molecule has 2 aromatic rings. The number of carbonyl (C=O) groups is 3. The van der Waals surface area contributed by atoms with Crippen LogP contribution in [0.2, 0.25) is 0 Å². The third kappa shape index (κ3) is 7.83. The van der Waals surface area contributed by atoms with E-state index in [0.717, 1.165) is 5.56 Å². The molecule has 0 aliphatic heterocycles. The van der Waals surface area contributed by atoms with Crippen molar-refractivity contribution in [3.05, 3.63) is 65.2 Å². The van der Waals surface area contributed by atoms with Crippen molar-refractivity contribution in [2.45, 2.75) is 78.1 Å². The highest BCUT2D eigenvalue weighted by Gasteiger charge is 2.43. The lowest BCUT2D eigenvalue weighted by atomic mass is 9.91. The van der Waals surface area contributed by atoms with E-state index in [1.54, 1.807) is 51.1 Å². The molecule has 0 saturated carbocycles. The molecule has 2 rings (SSSR count). The number of para-hydroxylation sites is 1. The van der Waals surface area contributed by atoms with E-state index >= 15 is 0 Å². The van der Waals surface area contributed by atoms with Crippen LogP contribution < -0.4 is 10.6 Å². The SMILES string of the molecule is C#Cc1ccc(C(C(=O)Nc2ccccc2C)N(C(=O)C(CO)NC(=O)OC(C)(C)C)C(C)(C)CC)cc1. The number of rotatable bonds is 9. The third-order valence-electron chi connectivity index (χ3n) is 6.23. The van der Waals surface area contributed by atoms with Crippen molar-refractivity contribution in [2.75, 3.05) is 11.9 Å². The minimum absolute atomic E-state index is 0.448. The standard InChI is InChI=1S/C30H39N3O5/c1-9-21-15-17-22(18-16-21)25(26(35)31-23-14-12-11-13-20(23)3)33(30(7,8)10-2)27(36)24(19-34)32-28(37)38-29(4,5)6/h1,11-18,24-25,34H,10,19H2,2-8H3,(H,31,35)(H,32,37). The van der Waals surface area contributed by atoms with Gasteiger partial charge in [0, 0.05) is 16.8 Å². The molecule has 2 atom stereocenters. The molecule has 0 heterocycles. The summed E-state index contributed by atoms with van der Waals surface area (Å²) in [5, 5.41) is 15.5. The molecule has 0 aliphatic rings. The van der Waals surface area contributed by atoms with E-state index in [1.165, 1.54) is 4.90 Å². The van der Waals surface area contributed by atoms with Crippen molar-refractivity contribution in [3.63, 3.8) is 0 Å². The van der Waals surface area contributed by atoms with Gasteiger partial charge < -0.3 is 25.4 Å². The zero-order valence-corrected chi connectivity index (χ0v) is 23.3. The Balaban J connectivity index is 2.61. The third-order valence-corrected chi connectivity index (χ3v) is 6.23. The molecular formula is C30H39N3O5. The van der Waals surface area contributed by atoms with Gasteiger partial charge in [0.1, 0.15) is 17.7 Å². The summed E-state index contributed by atoms with van der Waals surface area (Å²) < 4.78 is 5.29. The summed E-state index contributed by atoms with van der Waals surface area (Å²) in [7, 11) is 0. The highest BCUT2D eigenvalue weighted by molar-refractivity contribution is 5.99. The lowest BCUT2D eigenvalue weighted by Crippen LogP contribution is -2.59. The first-order valence-corrected chi connectivity index (χ1v) is 12.6. The molecule has 204 valence electrons. The maximum atomic E-state index is 14.0. The molecule has 0 fully saturated rings. The van der Waals surface area contributed by atoms with Crippen LogP contribution in [0.25, 0.3) is 0 Å². The maximum absolute atomic E-state index is 14.0. The van der Waals surface area contributed by atoms with Crippen LogP contribution in [0.15, 0.2) is 48.5 Å². The van der Waals surface area contributed by atoms with E-state index in [-0.39, 0.29) is 0 Å². The summed E-state index contributed by atoms with van der Waals surface area (Å²) >= 11 is 0. The highest BCUT2D eigenvalue weighted by atomic mass is 16.6. The lowest BCUT2D eigenvalue weighted by Gasteiger charge is -2.44. The minimum Gasteiger partial charge on any atom is -0.444 e. The number of aryl methyl sites for hydroxylation is 1. The number of carbonyl (C=O) groups excluding carboxylic acids is 3. The second-order valence-corrected chi connectivity index (χ2v) is 10.7. The second kappa shape index (κ2) is 12.6. The Morgan fingerprint density at radius 1 is 1.05 bits per heavy atom. The topological polar surface area (TPSA) is 108 Å². The van der Waals surface area contributed by atoms with Crippen molar-refractivity contribution >= 4 is 23.6 Å². The number of hydrogen-bond donors (Lipinski definition) is 3. The van der Waals surface area contributed by atoms with Gasteiger partial charge in [-0.3, -0.25) is 9.59 Å². The average Bonchev–Trinajstić information content (AvgIpc) is 2.85. The molecule has 0 radical (unpaired) electrons. The molecule has 8 nitrogen and oxygen atoms in total. The van der Waals surface area contributed by atoms with E-state index in [0.29, 0.717) is 23.2 Å². The fourth-order valence-electron chi connectivity index (χ4n) is 3.84. The molecule has 0 aromatic heterocycles. The predicted molar refractivity (Wildman–Crippen MR) is 148 cm³/mol. The molecule has 3 N–H and O–H groups in total. The highest BCUT2D eigenvalue weighted by Crippen LogP contribution is 2.33. The first-order valence-electron chi connectivity index (χ1n) is 12.6. The molecule has 8 heteroatoms. The Morgan fingerprint density at radius 3 is 2.16 bits per heavy atom. The van der Waals surface area contributed by atoms with Gasteiger partial charge in [-0.05, 0) is 77.3 Å². The Labute approximate surface area is 225 Å². The largest absolute Gasteiger partial charge is 0.444 e. The average molecular weight is 522 g/mol. The van der Waals surface area contributed by atoms with Gasteiger partial charge in [0.2, 0.25) is 5.91 Å². The predicted octanol–water partition coefficient (Wildman–Crippen LogP) is 4.56. The van der Waals surface area contributed by atoms with E-state index < -0.39 is 47.7 Å². The minimum atomic E-state index is -1.34. The number of anilines is 1. The van der Waals surface area contributed by atoms with E-state index in [9.17, 15) is 19.5 Å². The van der Waals surface area contributed by atoms with Gasteiger partial charge in [-0.2, -0.15) is 0 Å². The van der Waals surface area contributed by atoms with E-state index in [2.05, 4.69) is 16.6 Å². The number of benzene rings is 2. The smallest absolute Gasteiger partial charge is 0.408 e. The van der Waals surface area contributed by atoms with Crippen LogP contribution in [0.1, 0.15) is 70.7 Å². The first-order chi connectivity index (χ1) is 17.7. The number of amides is 3. The van der Waals surface area contributed by atoms with Crippen LogP contribution >= 0.6 is 0 Å². The van der Waals surface area contributed by atoms with Gasteiger partial charge in [0.25, 0.3) is 5.91 Å². The zero-order chi connectivity index (χ0) is 28.7. The van der Waals surface area contributed by atoms with Gasteiger partial charge in [0.05, 0.1) is 6.61 Å². The Morgan fingerprint density at radius 2 is 1.66 bits per heavy atom. The maximum Gasteiger partial charge on any atom is 0.408 e. The molecule has 0 bridgehead atoms. The molecule has 0 aliphatic carbocycles. The molecular weight excluding hydrogens is 482 g/mol. The molecule has 2 unspecified atom stereocenters. The summed E-state index contributed by atoms with van der Waals surface area (Å²) in [5.74, 6) is 1.48. The fraction of sp³-hybridized carbons (Fsp3) is 0.433. The van der Waals surface area contributed by atoms with Crippen LogP contribution in [0.5, 0.6) is 0 Å². The van der Waals surface area contributed by atoms with Crippen LogP contribution in [-0.2, 0) is 14.3 Å². The van der Waals surface area contributed by atoms with Crippen LogP contribution in [-0.4, -0.2) is 51.7 Å². The van der Waals surface area contributed by atoms with Crippen molar-refractivity contribution in [1.29, 1.82) is 0 Å². The van der Waals surface area contributed by atoms with E-state index in [4.69, 9.17) is 11.2 Å². The molecule has 0 saturated heterocycles. The van der Waals surface area contributed by atoms with Gasteiger partial charge in [-0.25, -0.2) is 4.79 Å². The fourth-order valence-corrected chi connectivity index (χ4v) is 3.84. The number of terminal acetylenes is 1. The quantitative estimate of drug-likeness (QED) is 0.420. The molecule has 38 heavy (non-hydrogen) atoms. The number of alkyl carbamates (subject to hydrolysis) is 1. The summed E-state index contributed by atoms with van der Waals surface area (Å²) in [5.41, 5.74) is 0.964. The lowest BCUT2D eigenvalue weighted by molar-refractivity contribution is -0.148. The van der Waals surface area contributed by atoms with Gasteiger partial charge in [-0.15, -0.1) is 6.42 Å². The number of hydrogen-bond acceptors (Lipinski definition) is 5. The van der Waals surface area contributed by atoms with Gasteiger partial charge in [0.15, 0.2) is 0 Å². The second-order valence-electron chi connectivity index (χ2n) is 10.7. The number of aliphatic hydroxyl groups is 1. The Bertz CT molecular complexity index is 1180. The number of aliphatic hydroxyl groups excluding tert-OH is 1. The van der Waals surface area contributed by atoms with Crippen LogP contribution in [0, 0.1) is 19.3 Å². The normalized spacial score (nSPS) is 13.0. The molecule has 0 spiro atoms. The van der Waals surface area contributed by atoms with E-state index in [1.807, 2.05) is 45.9 Å². The zero-order valence-electron chi connectivity index (χ0n) is 23.3. The first kappa shape index (κ1) is 30.4. The van der Waals surface area contributed by atoms with Crippen molar-refractivity contribution < 1.29 is 24.2 Å². The molecule has 3 amide bonds. The summed E-state index contributed by atoms with van der Waals surface area (Å²) in [6, 6.07) is 11.7. The number of nitrogens with zero attached hydrogens (tertiary/aromatic N) is 1. The summed E-state index contributed by atoms with van der Waals surface area (Å²) in [6.45, 7) is 11.8. The Kier molecular flexibility index (Phi) is 10.1. The monoisotopic (exact) mass is 521 g/mol. The van der Waals surface area contributed by atoms with Gasteiger partial charge >= 0.3 is 6.09 Å². The Hall–Kier alpha value is -3.83. The van der Waals surface area contributed by atoms with Crippen molar-refractivity contribution in [2.24, 2.45) is 0 Å². The summed E-state index contributed by atoms with van der Waals surface area (Å²) in [6.07, 6.45) is 5.16.